The molecular weight excluding hydrogens is 1440 g/mol. The van der Waals surface area contributed by atoms with Gasteiger partial charge in [-0.1, -0.05) is 307 Å². The average molecular weight is 1580 g/mol. The number of H-pyrrole nitrogens is 2. The molecule has 0 radical (unpaired) electrons. The van der Waals surface area contributed by atoms with E-state index in [0.717, 1.165) is 118 Å². The van der Waals surface area contributed by atoms with Crippen molar-refractivity contribution in [2.45, 2.75) is 285 Å². The first-order chi connectivity index (χ1) is 57.1. The number of amides is 4. The molecule has 0 saturated heterocycles. The van der Waals surface area contributed by atoms with Crippen molar-refractivity contribution in [3.05, 3.63) is 144 Å². The number of hydrogen-bond donors (Lipinski definition) is 6. The number of aromatic nitrogens is 4. The molecule has 7 aromatic rings. The number of fused-ring (bicyclic) bond motifs is 8. The number of aromatic amines is 2. The fourth-order valence-electron chi connectivity index (χ4n) is 15.5. The maximum atomic E-state index is 13.4. The first kappa shape index (κ1) is 90.5. The predicted molar refractivity (Wildman–Crippen MR) is 482 cm³/mol. The van der Waals surface area contributed by atoms with Crippen LogP contribution < -0.4 is 40.2 Å². The fraction of sp³-hybridized carbons (Fsp3) is 0.520. The minimum absolute atomic E-state index is 0.137. The second-order valence-corrected chi connectivity index (χ2v) is 31.9. The number of unbranched alkanes of at least 4 members (excludes halogenated alkanes) is 36. The van der Waals surface area contributed by atoms with Gasteiger partial charge in [0.15, 0.2) is 26.4 Å². The molecule has 0 atom stereocenters. The lowest BCUT2D eigenvalue weighted by Crippen LogP contribution is -2.29. The summed E-state index contributed by atoms with van der Waals surface area (Å²) >= 11 is 0. The highest BCUT2D eigenvalue weighted by Crippen LogP contribution is 2.41. The molecule has 626 valence electrons. The van der Waals surface area contributed by atoms with Crippen molar-refractivity contribution in [2.75, 3.05) is 52.6 Å². The second kappa shape index (κ2) is 53.7. The van der Waals surface area contributed by atoms with Gasteiger partial charge in [0, 0.05) is 70.5 Å². The Kier molecular flexibility index (Phi) is 41.9. The van der Waals surface area contributed by atoms with Gasteiger partial charge in [0.05, 0.1) is 22.8 Å². The molecule has 4 aromatic carbocycles. The normalized spacial score (nSPS) is 11.6. The molecule has 2 aliphatic heterocycles. The third-order valence-electron chi connectivity index (χ3n) is 22.1. The summed E-state index contributed by atoms with van der Waals surface area (Å²) in [7, 11) is 0. The largest absolute Gasteiger partial charge is 0.484 e. The van der Waals surface area contributed by atoms with Crippen molar-refractivity contribution in [1.82, 2.24) is 41.2 Å². The van der Waals surface area contributed by atoms with Crippen LogP contribution in [0.25, 0.3) is 90.9 Å². The molecule has 8 bridgehead atoms. The van der Waals surface area contributed by atoms with Crippen LogP contribution in [0, 0.1) is 0 Å². The van der Waals surface area contributed by atoms with E-state index in [1.54, 1.807) is 0 Å². The third-order valence-corrected chi connectivity index (χ3v) is 22.1. The smallest absolute Gasteiger partial charge is 0.257 e. The summed E-state index contributed by atoms with van der Waals surface area (Å²) in [5.41, 5.74) is 11.9. The van der Waals surface area contributed by atoms with Crippen molar-refractivity contribution in [3.8, 4) is 67.5 Å². The minimum Gasteiger partial charge on any atom is -0.484 e. The highest BCUT2D eigenvalue weighted by atomic mass is 16.5. The molecule has 16 heteroatoms. The van der Waals surface area contributed by atoms with Gasteiger partial charge in [-0.05, 0) is 145 Å². The quantitative estimate of drug-likeness (QED) is 0.0199. The van der Waals surface area contributed by atoms with Crippen LogP contribution in [0.3, 0.4) is 0 Å². The van der Waals surface area contributed by atoms with Crippen molar-refractivity contribution in [1.29, 1.82) is 0 Å². The Bertz CT molecular complexity index is 3790. The summed E-state index contributed by atoms with van der Waals surface area (Å²) in [4.78, 5) is 72.6. The van der Waals surface area contributed by atoms with Gasteiger partial charge in [0.1, 0.15) is 23.0 Å². The van der Waals surface area contributed by atoms with Crippen molar-refractivity contribution in [2.24, 2.45) is 0 Å². The SMILES string of the molecule is CCCCCCCCCCCCNC(=O)COc1cccc(-c2c3nc(c(-c4cccc(OCC(=O)NCCCCCCCCCCCC)c4)c4ccc([nH]4)c(-c4cccc(OCC(=O)NCCCCCCCCCCCC)c4)c4nc(c(-c5cccc(OCC(=O)NCCCCCCCCCCCC)c5)c5ccc2[nH]5)C=C4)C=C3)c1. The van der Waals surface area contributed by atoms with Crippen LogP contribution in [0.4, 0.5) is 0 Å². The number of carbonyl (C=O) groups excluding carboxylic acids is 4. The maximum absolute atomic E-state index is 13.4. The third kappa shape index (κ3) is 32.2. The number of benzene rings is 4. The maximum Gasteiger partial charge on any atom is 0.257 e. The van der Waals surface area contributed by atoms with E-state index in [9.17, 15) is 19.2 Å². The molecule has 0 fully saturated rings. The van der Waals surface area contributed by atoms with Crippen LogP contribution in [0.15, 0.2) is 121 Å². The molecule has 0 aliphatic carbocycles. The monoisotopic (exact) mass is 1580 g/mol. The Hall–Kier alpha value is -9.44. The summed E-state index contributed by atoms with van der Waals surface area (Å²) in [6, 6.07) is 39.5. The highest BCUT2D eigenvalue weighted by molar-refractivity contribution is 6.00. The minimum atomic E-state index is -0.171. The van der Waals surface area contributed by atoms with Crippen LogP contribution >= 0.6 is 0 Å². The molecule has 16 nitrogen and oxygen atoms in total. The van der Waals surface area contributed by atoms with E-state index in [1.807, 2.05) is 121 Å². The number of rotatable bonds is 60. The lowest BCUT2D eigenvalue weighted by Gasteiger charge is -2.11. The van der Waals surface area contributed by atoms with Gasteiger partial charge in [0.2, 0.25) is 0 Å². The van der Waals surface area contributed by atoms with Crippen LogP contribution in [0.2, 0.25) is 0 Å². The van der Waals surface area contributed by atoms with E-state index < -0.39 is 0 Å². The van der Waals surface area contributed by atoms with Gasteiger partial charge < -0.3 is 50.2 Å². The summed E-state index contributed by atoms with van der Waals surface area (Å²) in [5.74, 6) is 1.43. The van der Waals surface area contributed by atoms with Gasteiger partial charge in [-0.3, -0.25) is 19.2 Å². The van der Waals surface area contributed by atoms with Gasteiger partial charge in [0.25, 0.3) is 23.6 Å². The van der Waals surface area contributed by atoms with Gasteiger partial charge >= 0.3 is 0 Å². The van der Waals surface area contributed by atoms with Gasteiger partial charge in [-0.25, -0.2) is 9.97 Å². The molecule has 4 amide bonds. The second-order valence-electron chi connectivity index (χ2n) is 31.9. The standard InChI is InChI=1S/C100H138N8O8/c1-5-9-13-17-21-25-29-33-37-41-65-101-93(109)73-113-81-53-45-49-77(69-81)97-85-57-59-87(105-85)98(78-50-46-54-82(70-78)114-74-94(110)102-66-42-38-34-30-26-22-18-14-10-6-2)89-61-63-91(107-89)100(80-52-48-56-84(72-80)116-76-96(112)104-68-44-40-36-32-28-24-20-16-12-8-4)92-64-62-90(108-92)99(88-60-58-86(97)106-88)79-51-47-55-83(71-79)115-75-95(111)103-67-43-39-35-31-27-23-19-15-11-7-3/h45-64,69-72,105,108H,5-44,65-68,73-76H2,1-4H3,(H,101,109)(H,102,110)(H,103,111)(H,104,112). The molecular formula is C100H138N8O8. The molecule has 6 N–H and O–H groups in total. The first-order valence-corrected chi connectivity index (χ1v) is 45.3. The molecule has 3 aromatic heterocycles. The Balaban J connectivity index is 1.06. The van der Waals surface area contributed by atoms with E-state index in [0.29, 0.717) is 72.0 Å². The van der Waals surface area contributed by atoms with E-state index in [2.05, 4.69) is 83.2 Å². The van der Waals surface area contributed by atoms with Gasteiger partial charge in [-0.2, -0.15) is 0 Å². The molecule has 2 aliphatic rings. The van der Waals surface area contributed by atoms with Crippen LogP contribution in [0.1, 0.15) is 307 Å². The number of ether oxygens (including phenoxy) is 4. The molecule has 9 rings (SSSR count). The molecule has 5 heterocycles. The molecule has 0 saturated carbocycles. The number of carbonyl (C=O) groups is 4. The van der Waals surface area contributed by atoms with Crippen molar-refractivity contribution < 1.29 is 38.1 Å². The van der Waals surface area contributed by atoms with E-state index in [4.69, 9.17) is 28.9 Å². The van der Waals surface area contributed by atoms with Crippen molar-refractivity contribution >= 4 is 70.0 Å². The topological polar surface area (TPSA) is 211 Å². The molecule has 116 heavy (non-hydrogen) atoms. The van der Waals surface area contributed by atoms with Gasteiger partial charge in [-0.15, -0.1) is 0 Å². The zero-order chi connectivity index (χ0) is 81.3. The van der Waals surface area contributed by atoms with E-state index in [-0.39, 0.29) is 50.1 Å². The van der Waals surface area contributed by atoms with Crippen LogP contribution in [-0.2, 0) is 19.2 Å². The molecule has 0 unspecified atom stereocenters. The Morgan fingerprint density at radius 2 is 0.448 bits per heavy atom. The summed E-state index contributed by atoms with van der Waals surface area (Å²) < 4.78 is 25.3. The Morgan fingerprint density at radius 3 is 0.647 bits per heavy atom. The van der Waals surface area contributed by atoms with Crippen molar-refractivity contribution in [3.63, 3.8) is 0 Å². The number of nitrogens with one attached hydrogen (secondary N) is 6. The zero-order valence-electron chi connectivity index (χ0n) is 71.0. The average Bonchev–Trinajstić information content (AvgIpc) is 1.61. The Labute approximate surface area is 694 Å². The van der Waals surface area contributed by atoms with Crippen LogP contribution in [-0.4, -0.2) is 96.2 Å². The van der Waals surface area contributed by atoms with E-state index >= 15 is 0 Å². The lowest BCUT2D eigenvalue weighted by atomic mass is 10.0. The van der Waals surface area contributed by atoms with Crippen LogP contribution in [0.5, 0.6) is 23.0 Å². The predicted octanol–water partition coefficient (Wildman–Crippen LogP) is 25.0. The first-order valence-electron chi connectivity index (χ1n) is 45.3. The number of hydrogen-bond acceptors (Lipinski definition) is 10. The van der Waals surface area contributed by atoms with E-state index in [1.165, 1.54) is 205 Å². The fourth-order valence-corrected chi connectivity index (χ4v) is 15.5. The zero-order valence-corrected chi connectivity index (χ0v) is 71.0. The molecule has 0 spiro atoms. The Morgan fingerprint density at radius 1 is 0.259 bits per heavy atom. The lowest BCUT2D eigenvalue weighted by molar-refractivity contribution is -0.123. The summed E-state index contributed by atoms with van der Waals surface area (Å²) in [6.07, 6.45) is 57.0. The summed E-state index contributed by atoms with van der Waals surface area (Å²) in [6.45, 7) is 10.9. The highest BCUT2D eigenvalue weighted by Gasteiger charge is 2.22. The number of nitrogens with zero attached hydrogens (tertiary/aromatic N) is 2. The summed E-state index contributed by atoms with van der Waals surface area (Å²) in [5, 5.41) is 12.4.